The van der Waals surface area contributed by atoms with Gasteiger partial charge in [-0.3, -0.25) is 9.59 Å². The largest absolute Gasteiger partial charge is 0.349 e. The normalized spacial score (nSPS) is 9.14. The summed E-state index contributed by atoms with van der Waals surface area (Å²) in [6.07, 6.45) is 2.35. The number of benzene rings is 1. The van der Waals surface area contributed by atoms with Crippen molar-refractivity contribution in [2.45, 2.75) is 0 Å². The van der Waals surface area contributed by atoms with Crippen LogP contribution in [0.15, 0.2) is 36.9 Å². The van der Waals surface area contributed by atoms with Gasteiger partial charge >= 0.3 is 0 Å². The fraction of sp³-hybridized carbons (Fsp3) is 0.0909. The highest BCUT2D eigenvalue weighted by molar-refractivity contribution is 5.94. The molecule has 1 aromatic carbocycles. The molecule has 0 fully saturated rings. The first-order chi connectivity index (χ1) is 6.77. The Labute approximate surface area is 82.4 Å². The van der Waals surface area contributed by atoms with Crippen LogP contribution in [-0.2, 0) is 0 Å². The van der Waals surface area contributed by atoms with Gasteiger partial charge in [0.15, 0.2) is 0 Å². The van der Waals surface area contributed by atoms with Crippen LogP contribution in [0.1, 0.15) is 20.7 Å². The zero-order valence-corrected chi connectivity index (χ0v) is 7.69. The van der Waals surface area contributed by atoms with Crippen LogP contribution < -0.4 is 5.32 Å². The second-order valence-electron chi connectivity index (χ2n) is 2.74. The molecule has 0 aliphatic heterocycles. The third-order valence-corrected chi connectivity index (χ3v) is 1.72. The van der Waals surface area contributed by atoms with Gasteiger partial charge in [0.05, 0.1) is 0 Å². The summed E-state index contributed by atoms with van der Waals surface area (Å²) < 4.78 is 0. The first kappa shape index (κ1) is 10.2. The monoisotopic (exact) mass is 189 g/mol. The van der Waals surface area contributed by atoms with Crippen molar-refractivity contribution < 1.29 is 9.59 Å². The highest BCUT2D eigenvalue weighted by Crippen LogP contribution is 2.01. The minimum atomic E-state index is -0.164. The first-order valence-electron chi connectivity index (χ1n) is 4.22. The Balaban J connectivity index is 2.71. The van der Waals surface area contributed by atoms with E-state index < -0.39 is 0 Å². The lowest BCUT2D eigenvalue weighted by Crippen LogP contribution is -2.23. The van der Waals surface area contributed by atoms with E-state index in [9.17, 15) is 9.59 Å². The Bertz CT molecular complexity index is 341. The van der Waals surface area contributed by atoms with Crippen molar-refractivity contribution in [2.24, 2.45) is 0 Å². The molecule has 3 nitrogen and oxygen atoms in total. The molecule has 0 radical (unpaired) electrons. The molecule has 0 atom stereocenters. The van der Waals surface area contributed by atoms with Crippen molar-refractivity contribution in [1.82, 2.24) is 5.32 Å². The summed E-state index contributed by atoms with van der Waals surface area (Å²) in [5.74, 6) is -0.164. The minimum Gasteiger partial charge on any atom is -0.349 e. The molecule has 0 aromatic heterocycles. The maximum Gasteiger partial charge on any atom is 0.251 e. The summed E-state index contributed by atoms with van der Waals surface area (Å²) in [5, 5.41) is 2.64. The van der Waals surface area contributed by atoms with E-state index in [2.05, 4.69) is 11.9 Å². The number of hydrogen-bond acceptors (Lipinski definition) is 2. The lowest BCUT2D eigenvalue weighted by molar-refractivity contribution is 0.0957. The van der Waals surface area contributed by atoms with Gasteiger partial charge in [0, 0.05) is 17.7 Å². The van der Waals surface area contributed by atoms with Crippen LogP contribution in [0.2, 0.25) is 0 Å². The smallest absolute Gasteiger partial charge is 0.251 e. The quantitative estimate of drug-likeness (QED) is 0.575. The number of aldehydes is 1. The van der Waals surface area contributed by atoms with Gasteiger partial charge in [-0.2, -0.15) is 0 Å². The van der Waals surface area contributed by atoms with E-state index >= 15 is 0 Å². The van der Waals surface area contributed by atoms with Gasteiger partial charge in [0.25, 0.3) is 5.91 Å². The van der Waals surface area contributed by atoms with Gasteiger partial charge in [-0.05, 0) is 12.1 Å². The third-order valence-electron chi connectivity index (χ3n) is 1.72. The number of amides is 1. The van der Waals surface area contributed by atoms with Gasteiger partial charge < -0.3 is 5.32 Å². The van der Waals surface area contributed by atoms with Crippen molar-refractivity contribution in [1.29, 1.82) is 0 Å². The van der Waals surface area contributed by atoms with Crippen molar-refractivity contribution in [3.05, 3.63) is 48.0 Å². The molecule has 0 saturated heterocycles. The number of carbonyl (C=O) groups excluding carboxylic acids is 2. The van der Waals surface area contributed by atoms with E-state index in [4.69, 9.17) is 0 Å². The number of nitrogens with one attached hydrogen (secondary N) is 1. The Morgan fingerprint density at radius 2 is 2.00 bits per heavy atom. The van der Waals surface area contributed by atoms with Crippen molar-refractivity contribution >= 4 is 12.2 Å². The van der Waals surface area contributed by atoms with Crippen LogP contribution in [0, 0.1) is 0 Å². The van der Waals surface area contributed by atoms with Crippen LogP contribution in [0.3, 0.4) is 0 Å². The van der Waals surface area contributed by atoms with Crippen LogP contribution in [0.25, 0.3) is 0 Å². The molecule has 1 N–H and O–H groups in total. The molecule has 3 heteroatoms. The molecule has 1 amide bonds. The molecule has 0 spiro atoms. The van der Waals surface area contributed by atoms with Gasteiger partial charge in [0.2, 0.25) is 0 Å². The molecule has 0 heterocycles. The van der Waals surface area contributed by atoms with Crippen LogP contribution in [0.4, 0.5) is 0 Å². The van der Waals surface area contributed by atoms with Gasteiger partial charge in [0.1, 0.15) is 6.29 Å². The second-order valence-corrected chi connectivity index (χ2v) is 2.74. The molecule has 1 rings (SSSR count). The number of rotatable bonds is 4. The highest BCUT2D eigenvalue weighted by Gasteiger charge is 2.02. The molecule has 0 bridgehead atoms. The van der Waals surface area contributed by atoms with Crippen molar-refractivity contribution in [2.75, 3.05) is 6.54 Å². The van der Waals surface area contributed by atoms with Gasteiger partial charge in [-0.15, -0.1) is 6.58 Å². The van der Waals surface area contributed by atoms with Crippen molar-refractivity contribution in [3.8, 4) is 0 Å². The predicted octanol–water partition coefficient (Wildman–Crippen LogP) is 1.41. The van der Waals surface area contributed by atoms with E-state index in [1.165, 1.54) is 0 Å². The minimum absolute atomic E-state index is 0.164. The SMILES string of the molecule is C=CCNC(=O)c1ccc(C=O)cc1. The van der Waals surface area contributed by atoms with E-state index in [1.54, 1.807) is 30.3 Å². The molecule has 72 valence electrons. The maximum absolute atomic E-state index is 11.4. The maximum atomic E-state index is 11.4. The van der Waals surface area contributed by atoms with E-state index in [0.717, 1.165) is 6.29 Å². The van der Waals surface area contributed by atoms with Crippen LogP contribution in [-0.4, -0.2) is 18.7 Å². The highest BCUT2D eigenvalue weighted by atomic mass is 16.1. The molecule has 0 saturated carbocycles. The summed E-state index contributed by atoms with van der Waals surface area (Å²) in [6.45, 7) is 3.93. The van der Waals surface area contributed by atoms with E-state index in [0.29, 0.717) is 17.7 Å². The van der Waals surface area contributed by atoms with Gasteiger partial charge in [-0.25, -0.2) is 0 Å². The van der Waals surface area contributed by atoms with Gasteiger partial charge in [-0.1, -0.05) is 18.2 Å². The summed E-state index contributed by atoms with van der Waals surface area (Å²) in [4.78, 5) is 21.7. The molecular weight excluding hydrogens is 178 g/mol. The first-order valence-corrected chi connectivity index (χ1v) is 4.22. The van der Waals surface area contributed by atoms with Crippen LogP contribution >= 0.6 is 0 Å². The topological polar surface area (TPSA) is 46.2 Å². The molecule has 0 aliphatic carbocycles. The molecule has 0 aliphatic rings. The summed E-state index contributed by atoms with van der Waals surface area (Å²) >= 11 is 0. The van der Waals surface area contributed by atoms with Crippen LogP contribution in [0.5, 0.6) is 0 Å². The Morgan fingerprint density at radius 1 is 1.36 bits per heavy atom. The summed E-state index contributed by atoms with van der Waals surface area (Å²) in [7, 11) is 0. The fourth-order valence-corrected chi connectivity index (χ4v) is 0.980. The molecule has 1 aromatic rings. The molecule has 14 heavy (non-hydrogen) atoms. The third kappa shape index (κ3) is 2.55. The molecular formula is C11H11NO2. The Morgan fingerprint density at radius 3 is 2.50 bits per heavy atom. The zero-order valence-electron chi connectivity index (χ0n) is 7.69. The number of carbonyl (C=O) groups is 2. The zero-order chi connectivity index (χ0) is 10.4. The lowest BCUT2D eigenvalue weighted by atomic mass is 10.1. The predicted molar refractivity (Wildman–Crippen MR) is 54.4 cm³/mol. The van der Waals surface area contributed by atoms with E-state index in [-0.39, 0.29) is 5.91 Å². The average molecular weight is 189 g/mol. The molecule has 0 unspecified atom stereocenters. The van der Waals surface area contributed by atoms with E-state index in [1.807, 2.05) is 0 Å². The Kier molecular flexibility index (Phi) is 3.61. The summed E-state index contributed by atoms with van der Waals surface area (Å²) in [5.41, 5.74) is 1.10. The Hall–Kier alpha value is -1.90. The number of hydrogen-bond donors (Lipinski definition) is 1. The average Bonchev–Trinajstić information content (AvgIpc) is 2.26. The summed E-state index contributed by atoms with van der Waals surface area (Å²) in [6, 6.07) is 6.44. The van der Waals surface area contributed by atoms with Crippen molar-refractivity contribution in [3.63, 3.8) is 0 Å². The second kappa shape index (κ2) is 4.97. The standard InChI is InChI=1S/C11H11NO2/c1-2-7-12-11(14)10-5-3-9(8-13)4-6-10/h2-6,8H,1,7H2,(H,12,14). The fourth-order valence-electron chi connectivity index (χ4n) is 0.980. The lowest BCUT2D eigenvalue weighted by Gasteiger charge is -2.01.